The maximum absolute atomic E-state index is 13.5. The second kappa shape index (κ2) is 5.36. The normalized spacial score (nSPS) is 10.3. The Balaban J connectivity index is 2.38. The molecule has 0 bridgehead atoms. The summed E-state index contributed by atoms with van der Waals surface area (Å²) in [6.45, 7) is 0. The Morgan fingerprint density at radius 2 is 1.63 bits per heavy atom. The minimum atomic E-state index is -0.693. The van der Waals surface area contributed by atoms with Gasteiger partial charge in [0.05, 0.1) is 12.1 Å². The van der Waals surface area contributed by atoms with E-state index < -0.39 is 17.4 Å². The predicted molar refractivity (Wildman–Crippen MR) is 67.8 cm³/mol. The molecule has 2 aromatic carbocycles. The van der Waals surface area contributed by atoms with E-state index in [2.05, 4.69) is 0 Å². The van der Waals surface area contributed by atoms with Crippen molar-refractivity contribution in [1.29, 1.82) is 0 Å². The van der Waals surface area contributed by atoms with Crippen LogP contribution in [-0.2, 0) is 0 Å². The molecule has 0 aliphatic rings. The third-order valence-electron chi connectivity index (χ3n) is 2.60. The van der Waals surface area contributed by atoms with Gasteiger partial charge in [-0.2, -0.15) is 0 Å². The number of carbonyl (C=O) groups excluding carboxylic acids is 1. The van der Waals surface area contributed by atoms with Gasteiger partial charge in [0.1, 0.15) is 5.82 Å². The number of halogens is 3. The predicted octanol–water partition coefficient (Wildman–Crippen LogP) is 3.86. The molecule has 2 aromatic rings. The number of hydrogen-bond acceptors (Lipinski definition) is 2. The first kappa shape index (κ1) is 13.5. The third-order valence-corrected chi connectivity index (χ3v) is 2.90. The average Bonchev–Trinajstić information content (AvgIpc) is 2.41. The van der Waals surface area contributed by atoms with Crippen molar-refractivity contribution in [2.24, 2.45) is 0 Å². The van der Waals surface area contributed by atoms with E-state index in [9.17, 15) is 13.6 Å². The number of rotatable bonds is 3. The van der Waals surface area contributed by atoms with Crippen molar-refractivity contribution < 1.29 is 18.3 Å². The van der Waals surface area contributed by atoms with E-state index in [1.165, 1.54) is 31.4 Å². The molecule has 0 atom stereocenters. The minimum absolute atomic E-state index is 0.0406. The molecule has 19 heavy (non-hydrogen) atoms. The summed E-state index contributed by atoms with van der Waals surface area (Å²) in [7, 11) is 1.33. The summed E-state index contributed by atoms with van der Waals surface area (Å²) in [4.78, 5) is 12.0. The molecule has 0 amide bonds. The van der Waals surface area contributed by atoms with Crippen LogP contribution in [0.1, 0.15) is 15.9 Å². The van der Waals surface area contributed by atoms with Crippen molar-refractivity contribution in [3.8, 4) is 5.75 Å². The molecule has 0 radical (unpaired) electrons. The first-order valence-corrected chi connectivity index (χ1v) is 5.74. The second-order valence-electron chi connectivity index (χ2n) is 3.81. The number of ketones is 1. The van der Waals surface area contributed by atoms with E-state index in [1.54, 1.807) is 0 Å². The van der Waals surface area contributed by atoms with Crippen LogP contribution in [0.25, 0.3) is 0 Å². The minimum Gasteiger partial charge on any atom is -0.494 e. The van der Waals surface area contributed by atoms with Gasteiger partial charge in [0.25, 0.3) is 0 Å². The molecule has 5 heteroatoms. The van der Waals surface area contributed by atoms with Gasteiger partial charge in [-0.3, -0.25) is 4.79 Å². The van der Waals surface area contributed by atoms with Crippen LogP contribution in [0.3, 0.4) is 0 Å². The number of benzene rings is 2. The lowest BCUT2D eigenvalue weighted by molar-refractivity contribution is 0.103. The molecule has 0 aliphatic carbocycles. The molecule has 2 nitrogen and oxygen atoms in total. The summed E-state index contributed by atoms with van der Waals surface area (Å²) in [5, 5.41) is -0.0718. The zero-order valence-electron chi connectivity index (χ0n) is 9.91. The van der Waals surface area contributed by atoms with Gasteiger partial charge >= 0.3 is 0 Å². The summed E-state index contributed by atoms with van der Waals surface area (Å²) in [5.74, 6) is -1.79. The number of carbonyl (C=O) groups is 1. The molecule has 0 aromatic heterocycles. The topological polar surface area (TPSA) is 26.3 Å². The van der Waals surface area contributed by atoms with Crippen LogP contribution in [0.4, 0.5) is 8.78 Å². The molecule has 0 saturated heterocycles. The highest BCUT2D eigenvalue weighted by molar-refractivity contribution is 6.30. The van der Waals surface area contributed by atoms with Crippen LogP contribution in [0.15, 0.2) is 36.4 Å². The van der Waals surface area contributed by atoms with Crippen LogP contribution < -0.4 is 4.74 Å². The molecule has 0 aliphatic heterocycles. The fourth-order valence-corrected chi connectivity index (χ4v) is 1.73. The highest BCUT2D eigenvalue weighted by Gasteiger charge is 2.13. The van der Waals surface area contributed by atoms with Crippen molar-refractivity contribution >= 4 is 17.4 Å². The summed E-state index contributed by atoms with van der Waals surface area (Å²) in [6.07, 6.45) is 0. The lowest BCUT2D eigenvalue weighted by Gasteiger charge is -2.05. The van der Waals surface area contributed by atoms with Gasteiger partial charge in [0.2, 0.25) is 0 Å². The fraction of sp³-hybridized carbons (Fsp3) is 0.0714. The maximum Gasteiger partial charge on any atom is 0.193 e. The van der Waals surface area contributed by atoms with Crippen molar-refractivity contribution in [3.63, 3.8) is 0 Å². The van der Waals surface area contributed by atoms with Crippen LogP contribution >= 0.6 is 11.6 Å². The number of methoxy groups -OCH3 is 1. The summed E-state index contributed by atoms with van der Waals surface area (Å²) in [6, 6.07) is 7.49. The highest BCUT2D eigenvalue weighted by Crippen LogP contribution is 2.21. The van der Waals surface area contributed by atoms with Crippen molar-refractivity contribution in [3.05, 3.63) is 64.2 Å². The summed E-state index contributed by atoms with van der Waals surface area (Å²) >= 11 is 5.53. The Morgan fingerprint density at radius 3 is 2.16 bits per heavy atom. The first-order valence-electron chi connectivity index (χ1n) is 5.36. The average molecular weight is 283 g/mol. The van der Waals surface area contributed by atoms with Crippen LogP contribution in [-0.4, -0.2) is 12.9 Å². The molecule has 0 saturated carbocycles. The van der Waals surface area contributed by atoms with E-state index in [0.29, 0.717) is 0 Å². The lowest BCUT2D eigenvalue weighted by Crippen LogP contribution is -2.03. The Morgan fingerprint density at radius 1 is 1.05 bits per heavy atom. The molecule has 98 valence electrons. The number of hydrogen-bond donors (Lipinski definition) is 0. The molecular formula is C14H9ClF2O2. The van der Waals surface area contributed by atoms with E-state index >= 15 is 0 Å². The largest absolute Gasteiger partial charge is 0.494 e. The van der Waals surface area contributed by atoms with Crippen LogP contribution in [0.2, 0.25) is 5.02 Å². The van der Waals surface area contributed by atoms with Gasteiger partial charge in [0, 0.05) is 11.1 Å². The zero-order chi connectivity index (χ0) is 14.0. The van der Waals surface area contributed by atoms with E-state index in [4.69, 9.17) is 16.3 Å². The fourth-order valence-electron chi connectivity index (χ4n) is 1.61. The lowest BCUT2D eigenvalue weighted by atomic mass is 10.0. The monoisotopic (exact) mass is 282 g/mol. The Hall–Kier alpha value is -1.94. The standard InChI is InChI=1S/C14H9ClF2O2/c1-19-13-5-3-9(7-12(13)17)14(18)8-2-4-10(15)11(16)6-8/h2-7H,1H3. The quantitative estimate of drug-likeness (QED) is 0.799. The number of ether oxygens (including phenoxy) is 1. The Labute approximate surface area is 113 Å². The van der Waals surface area contributed by atoms with E-state index in [0.717, 1.165) is 12.1 Å². The molecule has 0 fully saturated rings. The van der Waals surface area contributed by atoms with Crippen LogP contribution in [0.5, 0.6) is 5.75 Å². The summed E-state index contributed by atoms with van der Waals surface area (Å²) < 4.78 is 31.5. The van der Waals surface area contributed by atoms with Gasteiger partial charge in [-0.15, -0.1) is 0 Å². The van der Waals surface area contributed by atoms with Crippen molar-refractivity contribution in [2.45, 2.75) is 0 Å². The molecule has 0 unspecified atom stereocenters. The molecule has 0 N–H and O–H groups in total. The molecule has 0 heterocycles. The molecular weight excluding hydrogens is 274 g/mol. The molecule has 0 spiro atoms. The van der Waals surface area contributed by atoms with Gasteiger partial charge in [-0.25, -0.2) is 8.78 Å². The van der Waals surface area contributed by atoms with Crippen molar-refractivity contribution in [1.82, 2.24) is 0 Å². The molecule has 2 rings (SSSR count). The second-order valence-corrected chi connectivity index (χ2v) is 4.21. The Kier molecular flexibility index (Phi) is 3.81. The first-order chi connectivity index (χ1) is 9.02. The Bertz CT molecular complexity index is 641. The van der Waals surface area contributed by atoms with Gasteiger partial charge in [-0.1, -0.05) is 11.6 Å². The smallest absolute Gasteiger partial charge is 0.193 e. The van der Waals surface area contributed by atoms with Gasteiger partial charge < -0.3 is 4.74 Å². The maximum atomic E-state index is 13.5. The van der Waals surface area contributed by atoms with Crippen LogP contribution in [0, 0.1) is 11.6 Å². The summed E-state index contributed by atoms with van der Waals surface area (Å²) in [5.41, 5.74) is 0.214. The van der Waals surface area contributed by atoms with Gasteiger partial charge in [0.15, 0.2) is 17.3 Å². The van der Waals surface area contributed by atoms with Gasteiger partial charge in [-0.05, 0) is 36.4 Å². The third kappa shape index (κ3) is 2.74. The van der Waals surface area contributed by atoms with E-state index in [-0.39, 0.29) is 21.9 Å². The van der Waals surface area contributed by atoms with E-state index in [1.807, 2.05) is 0 Å². The highest BCUT2D eigenvalue weighted by atomic mass is 35.5. The van der Waals surface area contributed by atoms with Crippen molar-refractivity contribution in [2.75, 3.05) is 7.11 Å². The zero-order valence-corrected chi connectivity index (χ0v) is 10.7. The SMILES string of the molecule is COc1ccc(C(=O)c2ccc(Cl)c(F)c2)cc1F.